The third-order valence-corrected chi connectivity index (χ3v) is 17.2. The van der Waals surface area contributed by atoms with Gasteiger partial charge >= 0.3 is 81.7 Å². The van der Waals surface area contributed by atoms with E-state index in [2.05, 4.69) is 69.9 Å². The molecule has 1 aliphatic rings. The van der Waals surface area contributed by atoms with Gasteiger partial charge in [-0.25, -0.2) is 18.8 Å². The Kier molecular flexibility index (Phi) is 44.7. The van der Waals surface area contributed by atoms with Crippen LogP contribution in [-0.2, 0) is 59.0 Å². The summed E-state index contributed by atoms with van der Waals surface area (Å²) in [6, 6.07) is 73.7. The monoisotopic (exact) mass is 1740 g/mol. The number of alkyl halides is 6. The van der Waals surface area contributed by atoms with Crippen LogP contribution in [0, 0.1) is 5.82 Å². The molecule has 1 aliphatic carbocycles. The quantitative estimate of drug-likeness (QED) is 0.0168. The van der Waals surface area contributed by atoms with Crippen LogP contribution < -0.4 is 71.3 Å². The van der Waals surface area contributed by atoms with Crippen LogP contribution in [0.2, 0.25) is 0 Å². The van der Waals surface area contributed by atoms with Crippen molar-refractivity contribution in [3.63, 3.8) is 0 Å². The number of amides is 5. The second-order valence-electron chi connectivity index (χ2n) is 25.1. The Labute approximate surface area is 734 Å². The van der Waals surface area contributed by atoms with Crippen molar-refractivity contribution in [2.45, 2.75) is 77.2 Å². The average molecular weight is 1740 g/mol. The first kappa shape index (κ1) is 103. The molecule has 0 spiro atoms. The van der Waals surface area contributed by atoms with Crippen LogP contribution >= 0.6 is 11.6 Å². The maximum Gasteiger partial charge on any atom is 1.00 e. The molecule has 11 N–H and O–H groups in total. The van der Waals surface area contributed by atoms with Gasteiger partial charge in [0.2, 0.25) is 0 Å². The molecule has 0 fully saturated rings. The number of nitrogens with zero attached hydrogens (tertiary/aromatic N) is 5. The number of aryl methyl sites for hydroxylation is 1. The number of aliphatic hydroxyl groups is 2. The van der Waals surface area contributed by atoms with E-state index in [-0.39, 0.29) is 77.2 Å². The summed E-state index contributed by atoms with van der Waals surface area (Å²) in [7, 11) is -3.67. The molecule has 0 aliphatic heterocycles. The predicted molar refractivity (Wildman–Crippen MR) is 456 cm³/mol. The molecule has 9 aromatic carbocycles. The fourth-order valence-electron chi connectivity index (χ4n) is 11.8. The van der Waals surface area contributed by atoms with Crippen LogP contribution in [0.3, 0.4) is 0 Å². The number of hydrogen-bond donors (Lipinski definition) is 10. The zero-order valence-electron chi connectivity index (χ0n) is 66.4. The first-order valence-electron chi connectivity index (χ1n) is 36.1. The molecule has 14 aromatic rings. The minimum Gasteiger partial charge on any atom is -1.00 e. The summed E-state index contributed by atoms with van der Waals surface area (Å²) in [5, 5.41) is 37.4. The zero-order chi connectivity index (χ0) is 86.9. The number of pyridine rings is 5. The number of urea groups is 1. The minimum atomic E-state index is -4.90. The fourth-order valence-corrected chi connectivity index (χ4v) is 11.9. The number of carbonyl (C=O) groups excluding carboxylic acids is 5. The number of fused-ring (bicyclic) bond motifs is 6. The van der Waals surface area contributed by atoms with Gasteiger partial charge in [0, 0.05) is 149 Å². The van der Waals surface area contributed by atoms with Gasteiger partial charge in [0.1, 0.15) is 24.0 Å². The number of ether oxygens (including phenoxy) is 2. The van der Waals surface area contributed by atoms with Gasteiger partial charge in [-0.3, -0.25) is 43.6 Å². The minimum absolute atomic E-state index is 0. The zero-order valence-corrected chi connectivity index (χ0v) is 69.0. The molecule has 637 valence electrons. The molecule has 0 bridgehead atoms. The van der Waals surface area contributed by atoms with Crippen LogP contribution in [0.15, 0.2) is 299 Å². The molecule has 5 aromatic heterocycles. The molecule has 24 nitrogen and oxygen atoms in total. The molecular formula is C88H86BClF7N11NaO13S. The van der Waals surface area contributed by atoms with E-state index in [0.29, 0.717) is 36.7 Å². The molecule has 3 radical (unpaired) electrons. The van der Waals surface area contributed by atoms with E-state index in [1.165, 1.54) is 38.7 Å². The molecular weight excluding hydrogens is 1650 g/mol. The van der Waals surface area contributed by atoms with Gasteiger partial charge in [0.05, 0.1) is 0 Å². The smallest absolute Gasteiger partial charge is 1.00 e. The number of nitrogens with one attached hydrogen (secondary N) is 5. The summed E-state index contributed by atoms with van der Waals surface area (Å²) >= 11 is 4.95. The Morgan fingerprint density at radius 2 is 0.870 bits per heavy atom. The van der Waals surface area contributed by atoms with Gasteiger partial charge in [0.15, 0.2) is 0 Å². The van der Waals surface area contributed by atoms with Gasteiger partial charge in [-0.15, -0.1) is 0 Å². The maximum absolute atomic E-state index is 13.8. The summed E-state index contributed by atoms with van der Waals surface area (Å²) in [5.74, 6) is -3.20. The summed E-state index contributed by atoms with van der Waals surface area (Å²) in [6.45, 7) is 0.261. The molecule has 15 rings (SSSR count). The van der Waals surface area contributed by atoms with Gasteiger partial charge in [0.25, 0.3) is 0 Å². The number of rotatable bonds is 13. The Morgan fingerprint density at radius 3 is 1.29 bits per heavy atom. The molecule has 123 heavy (non-hydrogen) atoms. The van der Waals surface area contributed by atoms with E-state index < -0.39 is 52.8 Å². The molecule has 5 heterocycles. The number of aromatic nitrogens is 5. The Bertz CT molecular complexity index is 5660. The SMILES string of the molecule is C.CO.NCc1cccc2cnccc12.O=C(Cl)Oc1ccccc1.O=C(NCO)C(F)(F)F.O=C(NCc1cccc2cnccc12)C(F)(F)F.O=C(NCc1cccc2cnccc12)NC1CCc2cc(F)ccc2C1Cc1ccccc1.O=C(NCc1cccc2cnccc12)Oc1ccccc1.O=S(=O)(O)O.[B].[H-].[Na+].c1ccc2cnccc2c1. The summed E-state index contributed by atoms with van der Waals surface area (Å²) in [6.07, 6.45) is 9.74. The van der Waals surface area contributed by atoms with Crippen molar-refractivity contribution in [1.82, 2.24) is 51.5 Å². The van der Waals surface area contributed by atoms with Crippen molar-refractivity contribution >= 4 is 114 Å². The van der Waals surface area contributed by atoms with Crippen LogP contribution in [0.1, 0.15) is 60.1 Å². The summed E-state index contributed by atoms with van der Waals surface area (Å²) < 4.78 is 125. The Morgan fingerprint density at radius 1 is 0.496 bits per heavy atom. The number of halogens is 8. The van der Waals surface area contributed by atoms with E-state index in [4.69, 9.17) is 49.8 Å². The molecule has 5 amide bonds. The van der Waals surface area contributed by atoms with Crippen LogP contribution in [-0.4, -0.2) is 123 Å². The first-order chi connectivity index (χ1) is 57.6. The largest absolute Gasteiger partial charge is 1.00 e. The maximum atomic E-state index is 13.8. The van der Waals surface area contributed by atoms with Gasteiger partial charge < -0.3 is 53.4 Å². The van der Waals surface area contributed by atoms with E-state index in [9.17, 15) is 54.7 Å². The summed E-state index contributed by atoms with van der Waals surface area (Å²) in [4.78, 5) is 75.5. The number of para-hydroxylation sites is 2. The number of carbonyl (C=O) groups is 5. The number of hydrogen-bond acceptors (Lipinski definition) is 17. The Balaban J connectivity index is 0.000000385. The van der Waals surface area contributed by atoms with Crippen molar-refractivity contribution in [3.05, 3.63) is 343 Å². The fraction of sp³-hybridized carbons (Fsp3) is 0.159. The van der Waals surface area contributed by atoms with Crippen molar-refractivity contribution < 1.29 is 123 Å². The summed E-state index contributed by atoms with van der Waals surface area (Å²) in [5.41, 5.74) is 12.0. The predicted octanol–water partition coefficient (Wildman–Crippen LogP) is 13.7. The van der Waals surface area contributed by atoms with Crippen LogP contribution in [0.5, 0.6) is 11.5 Å². The van der Waals surface area contributed by atoms with Crippen LogP contribution in [0.25, 0.3) is 53.9 Å². The molecule has 0 saturated carbocycles. The van der Waals surface area contributed by atoms with Crippen molar-refractivity contribution in [3.8, 4) is 11.5 Å². The van der Waals surface area contributed by atoms with E-state index in [1.807, 2.05) is 170 Å². The Hall–Kier alpha value is -12.4. The van der Waals surface area contributed by atoms with Gasteiger partial charge in [-0.2, -0.15) is 34.8 Å². The second-order valence-corrected chi connectivity index (χ2v) is 26.3. The van der Waals surface area contributed by atoms with Gasteiger partial charge in [-0.05, 0) is 157 Å². The van der Waals surface area contributed by atoms with E-state index in [0.717, 1.165) is 86.3 Å². The van der Waals surface area contributed by atoms with E-state index in [1.54, 1.807) is 104 Å². The first-order valence-corrected chi connectivity index (χ1v) is 37.9. The second kappa shape index (κ2) is 53.4. The van der Waals surface area contributed by atoms with Crippen molar-refractivity contribution in [1.29, 1.82) is 0 Å². The number of benzene rings is 9. The molecule has 2 atom stereocenters. The number of nitrogens with two attached hydrogens (primary N) is 1. The molecule has 35 heteroatoms. The van der Waals surface area contributed by atoms with Crippen molar-refractivity contribution in [2.24, 2.45) is 5.73 Å². The van der Waals surface area contributed by atoms with Crippen LogP contribution in [0.4, 0.5) is 45.1 Å². The number of aliphatic hydroxyl groups excluding tert-OH is 2. The van der Waals surface area contributed by atoms with E-state index >= 15 is 0 Å². The third kappa shape index (κ3) is 36.1. The normalized spacial score (nSPS) is 12.0. The average Bonchev–Trinajstić information content (AvgIpc) is 0.788. The molecule has 2 unspecified atom stereocenters. The topological polar surface area (TPSA) is 369 Å². The third-order valence-electron chi connectivity index (χ3n) is 17.1. The van der Waals surface area contributed by atoms with Gasteiger partial charge in [-0.1, -0.05) is 177 Å². The standard InChI is InChI=1S/C28H26FN3O.C17H14N2O2.C12H9F3N2O.C10H10N2.C9H7N.C7H5ClO2.C3H4F3NO2.CH4O.CH4.B.Na.H2O4S.H/c29-23-10-11-25-20(16-23)9-12-27(26(25)15-19-5-2-1-3-6-19)32-28(33)31-18-22-8-4-7-21-17-30-14-13-24(21)22;20-17(21-15-7-2-1-3-8-15)19-12-14-6-4-5-13-11-18-10-9-16(13)14;13-12(14,15)11(18)17-7-9-3-1-2-8-6-16-5-4-10(8)9;11-6-8-2-1-3-9-7-12-5-4-10(8)9;1-2-4-9-7-10-6-5-8(9)3-1;8-7(9)10-6-4-2-1-3-5-6;4-3(5,6)2(9)7-1-8;1-2;;;;1-5(2,3)4;/h1-8,10-11,13-14,16-17,26-27H,9,12,15,18H2,(H2,31,32,33);1-11H,12H2,(H,19,20);1-6H,7H2,(H,17,18);1-5,7H,6,11H2;1-7H;1-5H;8H,1H2,(H,7,9);2H,1H3;1H4;;;(H2,1,2,3,4);/q;;;;;;;;;;+1;;-1. The molecule has 0 saturated heterocycles. The van der Waals surface area contributed by atoms with Crippen molar-refractivity contribution in [2.75, 3.05) is 13.8 Å².